The zero-order valence-electron chi connectivity index (χ0n) is 9.93. The minimum Gasteiger partial charge on any atom is -0.183 e. The molecule has 2 aromatic heterocycles. The molecule has 86 valence electrons. The summed E-state index contributed by atoms with van der Waals surface area (Å²) in [7, 11) is 0. The fourth-order valence-corrected chi connectivity index (χ4v) is 2.68. The van der Waals surface area contributed by atoms with Crippen molar-refractivity contribution in [1.29, 1.82) is 0 Å². The van der Waals surface area contributed by atoms with Crippen molar-refractivity contribution in [1.82, 2.24) is 19.8 Å². The van der Waals surface area contributed by atoms with Crippen LogP contribution in [-0.2, 0) is 0 Å². The Hall–Kier alpha value is -1.75. The third-order valence-corrected chi connectivity index (χ3v) is 3.39. The molecular weight excluding hydrogens is 232 g/mol. The molecular formula is C12H12N4S. The molecule has 17 heavy (non-hydrogen) atoms. The van der Waals surface area contributed by atoms with Gasteiger partial charge >= 0.3 is 0 Å². The number of fused-ring (bicyclic) bond motifs is 1. The van der Waals surface area contributed by atoms with Crippen molar-refractivity contribution in [2.45, 2.75) is 20.8 Å². The molecule has 3 aromatic rings. The Labute approximate surface area is 103 Å². The van der Waals surface area contributed by atoms with E-state index >= 15 is 0 Å². The summed E-state index contributed by atoms with van der Waals surface area (Å²) in [6, 6.07) is 6.37. The second-order valence-corrected chi connectivity index (χ2v) is 5.38. The van der Waals surface area contributed by atoms with E-state index in [-0.39, 0.29) is 0 Å². The molecule has 0 saturated heterocycles. The van der Waals surface area contributed by atoms with Crippen molar-refractivity contribution >= 4 is 16.3 Å². The highest BCUT2D eigenvalue weighted by molar-refractivity contribution is 7.16. The van der Waals surface area contributed by atoms with Crippen LogP contribution in [0.4, 0.5) is 0 Å². The smallest absolute Gasteiger partial charge is 0.183 e. The Morgan fingerprint density at radius 1 is 1.00 bits per heavy atom. The second-order valence-electron chi connectivity index (χ2n) is 4.22. The van der Waals surface area contributed by atoms with E-state index in [0.717, 1.165) is 21.4 Å². The third kappa shape index (κ3) is 1.72. The number of benzene rings is 1. The van der Waals surface area contributed by atoms with Crippen molar-refractivity contribution in [3.05, 3.63) is 34.3 Å². The molecule has 3 rings (SSSR count). The van der Waals surface area contributed by atoms with E-state index in [1.807, 2.05) is 11.4 Å². The van der Waals surface area contributed by atoms with Gasteiger partial charge in [-0.05, 0) is 32.9 Å². The van der Waals surface area contributed by atoms with Crippen molar-refractivity contribution in [2.24, 2.45) is 0 Å². The molecule has 2 heterocycles. The Morgan fingerprint density at radius 2 is 1.71 bits per heavy atom. The monoisotopic (exact) mass is 244 g/mol. The fraction of sp³-hybridized carbons (Fsp3) is 0.250. The first kappa shape index (κ1) is 10.4. The van der Waals surface area contributed by atoms with Crippen molar-refractivity contribution in [3.63, 3.8) is 0 Å². The average Bonchev–Trinajstić information content (AvgIpc) is 2.74. The lowest BCUT2D eigenvalue weighted by Crippen LogP contribution is -1.92. The molecule has 0 aliphatic rings. The van der Waals surface area contributed by atoms with Crippen LogP contribution >= 0.6 is 11.3 Å². The Bertz CT molecular complexity index is 675. The van der Waals surface area contributed by atoms with Crippen LogP contribution in [-0.4, -0.2) is 19.8 Å². The highest BCUT2D eigenvalue weighted by Crippen LogP contribution is 2.23. The topological polar surface area (TPSA) is 43.1 Å². The highest BCUT2D eigenvalue weighted by atomic mass is 32.1. The summed E-state index contributed by atoms with van der Waals surface area (Å²) in [6.07, 6.45) is 0. The van der Waals surface area contributed by atoms with Crippen LogP contribution in [0, 0.1) is 20.8 Å². The molecule has 0 aliphatic carbocycles. The van der Waals surface area contributed by atoms with Gasteiger partial charge in [0.1, 0.15) is 5.01 Å². The van der Waals surface area contributed by atoms with E-state index in [1.165, 1.54) is 11.1 Å². The van der Waals surface area contributed by atoms with Gasteiger partial charge in [0, 0.05) is 5.56 Å². The third-order valence-electron chi connectivity index (χ3n) is 2.57. The first-order valence-electron chi connectivity index (χ1n) is 5.41. The van der Waals surface area contributed by atoms with Crippen LogP contribution < -0.4 is 0 Å². The lowest BCUT2D eigenvalue weighted by Gasteiger charge is -2.01. The summed E-state index contributed by atoms with van der Waals surface area (Å²) >= 11 is 1.55. The van der Waals surface area contributed by atoms with Crippen molar-refractivity contribution in [3.8, 4) is 11.4 Å². The first-order valence-corrected chi connectivity index (χ1v) is 6.22. The van der Waals surface area contributed by atoms with Crippen LogP contribution in [0.2, 0.25) is 0 Å². The second kappa shape index (κ2) is 3.63. The van der Waals surface area contributed by atoms with Crippen molar-refractivity contribution in [2.75, 3.05) is 0 Å². The molecule has 0 amide bonds. The summed E-state index contributed by atoms with van der Waals surface area (Å²) in [5.74, 6) is 0.816. The number of nitrogens with zero attached hydrogens (tertiary/aromatic N) is 4. The van der Waals surface area contributed by atoms with E-state index in [9.17, 15) is 0 Å². The van der Waals surface area contributed by atoms with E-state index < -0.39 is 0 Å². The minimum atomic E-state index is 0.816. The molecule has 0 bridgehead atoms. The van der Waals surface area contributed by atoms with Gasteiger partial charge in [0.25, 0.3) is 0 Å². The number of aromatic nitrogens is 4. The van der Waals surface area contributed by atoms with Gasteiger partial charge in [-0.3, -0.25) is 0 Å². The van der Waals surface area contributed by atoms with Gasteiger partial charge in [-0.2, -0.15) is 9.61 Å². The zero-order valence-corrected chi connectivity index (χ0v) is 10.7. The molecule has 0 N–H and O–H groups in total. The van der Waals surface area contributed by atoms with Gasteiger partial charge < -0.3 is 0 Å². The van der Waals surface area contributed by atoms with Gasteiger partial charge in [0.15, 0.2) is 5.82 Å². The molecule has 0 unspecified atom stereocenters. The molecule has 0 saturated carbocycles. The maximum absolute atomic E-state index is 4.42. The molecule has 0 aliphatic heterocycles. The quantitative estimate of drug-likeness (QED) is 0.661. The van der Waals surface area contributed by atoms with Gasteiger partial charge in [0.05, 0.1) is 0 Å². The minimum absolute atomic E-state index is 0.816. The molecule has 4 nitrogen and oxygen atoms in total. The largest absolute Gasteiger partial charge is 0.234 e. The fourth-order valence-electron chi connectivity index (χ4n) is 2.00. The summed E-state index contributed by atoms with van der Waals surface area (Å²) in [5.41, 5.74) is 3.52. The van der Waals surface area contributed by atoms with E-state index in [1.54, 1.807) is 11.3 Å². The number of aryl methyl sites for hydroxylation is 3. The van der Waals surface area contributed by atoms with E-state index in [0.29, 0.717) is 0 Å². The van der Waals surface area contributed by atoms with Gasteiger partial charge in [-0.25, -0.2) is 0 Å². The molecule has 0 atom stereocenters. The zero-order chi connectivity index (χ0) is 12.0. The number of hydrogen-bond donors (Lipinski definition) is 0. The lowest BCUT2D eigenvalue weighted by atomic mass is 10.1. The SMILES string of the molecule is Cc1cc(C)cc(-c2nnc3sc(C)nn23)c1. The maximum Gasteiger partial charge on any atom is 0.234 e. The first-order chi connectivity index (χ1) is 8.13. The summed E-state index contributed by atoms with van der Waals surface area (Å²) in [4.78, 5) is 0.844. The predicted molar refractivity (Wildman–Crippen MR) is 68.3 cm³/mol. The van der Waals surface area contributed by atoms with Crippen LogP contribution in [0.3, 0.4) is 0 Å². The molecule has 1 aromatic carbocycles. The van der Waals surface area contributed by atoms with Gasteiger partial charge in [0.2, 0.25) is 4.96 Å². The lowest BCUT2D eigenvalue weighted by molar-refractivity contribution is 0.940. The molecule has 5 heteroatoms. The van der Waals surface area contributed by atoms with Crippen LogP contribution in [0.1, 0.15) is 16.1 Å². The summed E-state index contributed by atoms with van der Waals surface area (Å²) < 4.78 is 1.81. The van der Waals surface area contributed by atoms with E-state index in [4.69, 9.17) is 0 Å². The summed E-state index contributed by atoms with van der Waals surface area (Å²) in [5, 5.41) is 13.8. The predicted octanol–water partition coefficient (Wildman–Crippen LogP) is 2.78. The van der Waals surface area contributed by atoms with Crippen LogP contribution in [0.25, 0.3) is 16.3 Å². The average molecular weight is 244 g/mol. The van der Waals surface area contributed by atoms with Crippen LogP contribution in [0.5, 0.6) is 0 Å². The molecule has 0 fully saturated rings. The maximum atomic E-state index is 4.42. The number of hydrogen-bond acceptors (Lipinski definition) is 4. The summed E-state index contributed by atoms with van der Waals surface area (Å²) in [6.45, 7) is 6.15. The standard InChI is InChI=1S/C12H12N4S/c1-7-4-8(2)6-10(5-7)11-13-14-12-16(11)15-9(3)17-12/h4-6H,1-3H3. The van der Waals surface area contributed by atoms with Gasteiger partial charge in [-0.1, -0.05) is 28.5 Å². The number of rotatable bonds is 1. The highest BCUT2D eigenvalue weighted by Gasteiger charge is 2.12. The normalized spacial score (nSPS) is 11.2. The van der Waals surface area contributed by atoms with Crippen molar-refractivity contribution < 1.29 is 0 Å². The molecule has 0 radical (unpaired) electrons. The Kier molecular flexibility index (Phi) is 2.22. The Morgan fingerprint density at radius 3 is 2.41 bits per heavy atom. The molecule has 0 spiro atoms. The van der Waals surface area contributed by atoms with Crippen LogP contribution in [0.15, 0.2) is 18.2 Å². The van der Waals surface area contributed by atoms with E-state index in [2.05, 4.69) is 47.3 Å². The Balaban J connectivity index is 2.26. The van der Waals surface area contributed by atoms with Gasteiger partial charge in [-0.15, -0.1) is 10.2 Å².